The third-order valence-electron chi connectivity index (χ3n) is 1.34. The van der Waals surface area contributed by atoms with Gasteiger partial charge in [-0.2, -0.15) is 0 Å². The largest absolute Gasteiger partial charge is 0.481 e. The van der Waals surface area contributed by atoms with Gasteiger partial charge in [-0.1, -0.05) is 0 Å². The Hall–Kier alpha value is -1.75. The number of aliphatic carboxylic acids is 1. The molecule has 0 aliphatic carbocycles. The van der Waals surface area contributed by atoms with Crippen LogP contribution >= 0.6 is 11.3 Å². The minimum atomic E-state index is -0.833. The molecule has 0 bridgehead atoms. The smallest absolute Gasteiger partial charge is 0.300 e. The second-order valence-electron chi connectivity index (χ2n) is 2.60. The second kappa shape index (κ2) is 5.87. The van der Waals surface area contributed by atoms with Crippen molar-refractivity contribution >= 4 is 17.3 Å². The number of carboxylic acids is 1. The lowest BCUT2D eigenvalue weighted by molar-refractivity contribution is -0.134. The van der Waals surface area contributed by atoms with Gasteiger partial charge in [-0.3, -0.25) is 9.78 Å². The van der Waals surface area contributed by atoms with Gasteiger partial charge in [0.1, 0.15) is 5.01 Å². The number of carboxylic acid groups (broad SMARTS) is 1. The molecule has 2 heterocycles. The van der Waals surface area contributed by atoms with Crippen molar-refractivity contribution in [2.45, 2.75) is 6.92 Å². The maximum absolute atomic E-state index is 9.00. The van der Waals surface area contributed by atoms with Crippen LogP contribution in [0.25, 0.3) is 10.6 Å². The highest BCUT2D eigenvalue weighted by atomic mass is 32.1. The number of rotatable bonds is 1. The van der Waals surface area contributed by atoms with E-state index in [-0.39, 0.29) is 0 Å². The van der Waals surface area contributed by atoms with Gasteiger partial charge in [0.05, 0.1) is 0 Å². The molecule has 0 aliphatic heterocycles. The van der Waals surface area contributed by atoms with Crippen LogP contribution in [-0.4, -0.2) is 21.0 Å². The molecule has 2 aromatic heterocycles. The first-order chi connectivity index (χ1) is 7.20. The molecule has 0 unspecified atom stereocenters. The molecule has 1 N–H and O–H groups in total. The first-order valence-corrected chi connectivity index (χ1v) is 5.07. The number of carbonyl (C=O) groups is 1. The van der Waals surface area contributed by atoms with Crippen LogP contribution in [0.4, 0.5) is 0 Å². The van der Waals surface area contributed by atoms with Gasteiger partial charge in [0.15, 0.2) is 0 Å². The summed E-state index contributed by atoms with van der Waals surface area (Å²) in [4.78, 5) is 17.2. The average Bonchev–Trinajstić information content (AvgIpc) is 2.71. The molecule has 2 aromatic rings. The Bertz CT molecular complexity index is 397. The van der Waals surface area contributed by atoms with Crippen LogP contribution in [0.1, 0.15) is 6.92 Å². The minimum absolute atomic E-state index is 0.833. The monoisotopic (exact) mass is 222 g/mol. The molecule has 0 atom stereocenters. The first-order valence-electron chi connectivity index (χ1n) is 4.19. The number of thiazole rings is 1. The summed E-state index contributed by atoms with van der Waals surface area (Å²) in [5.41, 5.74) is 1.09. The van der Waals surface area contributed by atoms with Gasteiger partial charge < -0.3 is 5.11 Å². The van der Waals surface area contributed by atoms with Gasteiger partial charge in [0.25, 0.3) is 5.97 Å². The predicted molar refractivity (Wildman–Crippen MR) is 58.7 cm³/mol. The molecule has 0 fully saturated rings. The number of hydrogen-bond donors (Lipinski definition) is 1. The molecular weight excluding hydrogens is 212 g/mol. The Labute approximate surface area is 91.3 Å². The quantitative estimate of drug-likeness (QED) is 0.804. The Morgan fingerprint density at radius 2 is 2.20 bits per heavy atom. The van der Waals surface area contributed by atoms with E-state index in [2.05, 4.69) is 9.97 Å². The lowest BCUT2D eigenvalue weighted by Crippen LogP contribution is -1.78. The Balaban J connectivity index is 0.000000245. The molecule has 5 heteroatoms. The fourth-order valence-corrected chi connectivity index (χ4v) is 1.48. The van der Waals surface area contributed by atoms with Crippen LogP contribution in [0.3, 0.4) is 0 Å². The van der Waals surface area contributed by atoms with E-state index in [1.165, 1.54) is 0 Å². The van der Waals surface area contributed by atoms with Gasteiger partial charge in [-0.25, -0.2) is 4.98 Å². The van der Waals surface area contributed by atoms with Crippen molar-refractivity contribution in [3.63, 3.8) is 0 Å². The summed E-state index contributed by atoms with van der Waals surface area (Å²) in [6.45, 7) is 1.08. The van der Waals surface area contributed by atoms with Crippen LogP contribution < -0.4 is 0 Å². The molecule has 0 radical (unpaired) electrons. The maximum atomic E-state index is 9.00. The highest BCUT2D eigenvalue weighted by Crippen LogP contribution is 2.19. The molecule has 0 spiro atoms. The highest BCUT2D eigenvalue weighted by molar-refractivity contribution is 7.13. The lowest BCUT2D eigenvalue weighted by Gasteiger charge is -1.91. The van der Waals surface area contributed by atoms with Gasteiger partial charge in [-0.15, -0.1) is 11.3 Å². The molecule has 0 aliphatic rings. The number of pyridine rings is 1. The normalized spacial score (nSPS) is 8.87. The van der Waals surface area contributed by atoms with E-state index in [9.17, 15) is 0 Å². The van der Waals surface area contributed by atoms with Crippen molar-refractivity contribution in [3.05, 3.63) is 36.1 Å². The molecule has 0 saturated heterocycles. The third-order valence-corrected chi connectivity index (χ3v) is 2.16. The van der Waals surface area contributed by atoms with Crippen LogP contribution in [0, 0.1) is 0 Å². The number of nitrogens with zero attached hydrogens (tertiary/aromatic N) is 2. The lowest BCUT2D eigenvalue weighted by atomic mass is 10.3. The van der Waals surface area contributed by atoms with Crippen LogP contribution in [-0.2, 0) is 4.79 Å². The van der Waals surface area contributed by atoms with Crippen molar-refractivity contribution in [2.24, 2.45) is 0 Å². The van der Waals surface area contributed by atoms with Crippen molar-refractivity contribution < 1.29 is 9.90 Å². The third kappa shape index (κ3) is 4.33. The summed E-state index contributed by atoms with van der Waals surface area (Å²) in [7, 11) is 0. The molecule has 0 aromatic carbocycles. The predicted octanol–water partition coefficient (Wildman–Crippen LogP) is 2.30. The fourth-order valence-electron chi connectivity index (χ4n) is 0.855. The summed E-state index contributed by atoms with van der Waals surface area (Å²) in [5.74, 6) is -0.833. The fraction of sp³-hybridized carbons (Fsp3) is 0.100. The highest BCUT2D eigenvalue weighted by Gasteiger charge is 1.96. The Kier molecular flexibility index (Phi) is 4.43. The maximum Gasteiger partial charge on any atom is 0.300 e. The van der Waals surface area contributed by atoms with E-state index in [4.69, 9.17) is 9.90 Å². The van der Waals surface area contributed by atoms with Crippen molar-refractivity contribution in [1.29, 1.82) is 0 Å². The van der Waals surface area contributed by atoms with E-state index in [0.717, 1.165) is 17.5 Å². The SMILES string of the molecule is CC(=O)O.c1cncc(-c2nccs2)c1. The van der Waals surface area contributed by atoms with E-state index >= 15 is 0 Å². The van der Waals surface area contributed by atoms with E-state index in [0.29, 0.717) is 0 Å². The van der Waals surface area contributed by atoms with Crippen molar-refractivity contribution in [2.75, 3.05) is 0 Å². The van der Waals surface area contributed by atoms with E-state index in [1.54, 1.807) is 23.7 Å². The van der Waals surface area contributed by atoms with Gasteiger partial charge in [0, 0.05) is 36.5 Å². The van der Waals surface area contributed by atoms with E-state index in [1.807, 2.05) is 23.7 Å². The van der Waals surface area contributed by atoms with Gasteiger partial charge in [-0.05, 0) is 12.1 Å². The summed E-state index contributed by atoms with van der Waals surface area (Å²) < 4.78 is 0. The van der Waals surface area contributed by atoms with Crippen molar-refractivity contribution in [1.82, 2.24) is 9.97 Å². The molecule has 2 rings (SSSR count). The average molecular weight is 222 g/mol. The minimum Gasteiger partial charge on any atom is -0.481 e. The second-order valence-corrected chi connectivity index (χ2v) is 3.49. The zero-order chi connectivity index (χ0) is 11.1. The van der Waals surface area contributed by atoms with Crippen LogP contribution in [0.2, 0.25) is 0 Å². The molecular formula is C10H10N2O2S. The van der Waals surface area contributed by atoms with Gasteiger partial charge in [0.2, 0.25) is 0 Å². The zero-order valence-electron chi connectivity index (χ0n) is 8.12. The molecule has 0 amide bonds. The van der Waals surface area contributed by atoms with Crippen LogP contribution in [0.15, 0.2) is 36.1 Å². The summed E-state index contributed by atoms with van der Waals surface area (Å²) in [5, 5.41) is 10.4. The summed E-state index contributed by atoms with van der Waals surface area (Å²) >= 11 is 1.62. The standard InChI is InChI=1S/C8H6N2S.C2H4O2/c1-2-7(6-9-3-1)8-10-4-5-11-8;1-2(3)4/h1-6H;1H3,(H,3,4). The molecule has 0 saturated carbocycles. The van der Waals surface area contributed by atoms with E-state index < -0.39 is 5.97 Å². The number of hydrogen-bond acceptors (Lipinski definition) is 4. The Morgan fingerprint density at radius 3 is 2.67 bits per heavy atom. The topological polar surface area (TPSA) is 63.1 Å². The Morgan fingerprint density at radius 1 is 1.47 bits per heavy atom. The first kappa shape index (κ1) is 11.3. The zero-order valence-corrected chi connectivity index (χ0v) is 8.94. The number of aromatic nitrogens is 2. The summed E-state index contributed by atoms with van der Waals surface area (Å²) in [6, 6.07) is 3.92. The molecule has 78 valence electrons. The molecule has 4 nitrogen and oxygen atoms in total. The molecule has 15 heavy (non-hydrogen) atoms. The van der Waals surface area contributed by atoms with Crippen molar-refractivity contribution in [3.8, 4) is 10.6 Å². The van der Waals surface area contributed by atoms with Gasteiger partial charge >= 0.3 is 0 Å². The summed E-state index contributed by atoms with van der Waals surface area (Å²) in [6.07, 6.45) is 5.38. The van der Waals surface area contributed by atoms with Crippen LogP contribution in [0.5, 0.6) is 0 Å².